The number of nitrogen functional groups attached to an aromatic ring is 1. The van der Waals surface area contributed by atoms with E-state index in [0.29, 0.717) is 0 Å². The van der Waals surface area contributed by atoms with Gasteiger partial charge in [0.05, 0.1) is 16.4 Å². The van der Waals surface area contributed by atoms with Gasteiger partial charge in [-0.2, -0.15) is 4.31 Å². The summed E-state index contributed by atoms with van der Waals surface area (Å²) < 4.78 is 26.1. The van der Waals surface area contributed by atoms with Gasteiger partial charge < -0.3 is 10.8 Å². The van der Waals surface area contributed by atoms with Gasteiger partial charge in [-0.3, -0.25) is 10.1 Å². The number of benzene rings is 1. The zero-order valence-electron chi connectivity index (χ0n) is 10.6. The summed E-state index contributed by atoms with van der Waals surface area (Å²) >= 11 is 0. The lowest BCUT2D eigenvalue weighted by atomic mass is 10.3. The summed E-state index contributed by atoms with van der Waals surface area (Å²) in [6.07, 6.45) is 1.46. The molecule has 1 saturated carbocycles. The largest absolute Gasteiger partial charge is 0.395 e. The van der Waals surface area contributed by atoms with Gasteiger partial charge in [-0.25, -0.2) is 8.42 Å². The van der Waals surface area contributed by atoms with Gasteiger partial charge in [0.1, 0.15) is 5.69 Å². The van der Waals surface area contributed by atoms with Crippen LogP contribution in [-0.4, -0.2) is 41.9 Å². The lowest BCUT2D eigenvalue weighted by Gasteiger charge is -2.20. The van der Waals surface area contributed by atoms with Crippen molar-refractivity contribution in [3.63, 3.8) is 0 Å². The van der Waals surface area contributed by atoms with Crippen molar-refractivity contribution in [2.24, 2.45) is 0 Å². The third-order valence-electron chi connectivity index (χ3n) is 3.08. The van der Waals surface area contributed by atoms with Gasteiger partial charge in [-0.05, 0) is 25.0 Å². The van der Waals surface area contributed by atoms with Gasteiger partial charge in [0.25, 0.3) is 5.69 Å². The number of sulfonamides is 1. The molecule has 0 aliphatic heterocycles. The van der Waals surface area contributed by atoms with Crippen molar-refractivity contribution in [3.8, 4) is 0 Å². The predicted molar refractivity (Wildman–Crippen MR) is 71.5 cm³/mol. The molecule has 1 aromatic carbocycles. The van der Waals surface area contributed by atoms with Crippen LogP contribution in [0, 0.1) is 10.1 Å². The fourth-order valence-corrected chi connectivity index (χ4v) is 3.63. The maximum Gasteiger partial charge on any atom is 0.293 e. The lowest BCUT2D eigenvalue weighted by molar-refractivity contribution is -0.384. The number of aliphatic hydroxyl groups is 1. The molecule has 0 saturated heterocycles. The lowest BCUT2D eigenvalue weighted by Crippen LogP contribution is -2.35. The van der Waals surface area contributed by atoms with Crippen LogP contribution in [0.3, 0.4) is 0 Å². The topological polar surface area (TPSA) is 127 Å². The van der Waals surface area contributed by atoms with Crippen molar-refractivity contribution in [2.45, 2.75) is 23.8 Å². The second-order valence-corrected chi connectivity index (χ2v) is 6.44. The minimum atomic E-state index is -3.86. The molecule has 1 aromatic rings. The Bertz CT molecular complexity index is 627. The molecule has 0 aromatic heterocycles. The quantitative estimate of drug-likeness (QED) is 0.442. The molecular formula is C11H15N3O5S. The summed E-state index contributed by atoms with van der Waals surface area (Å²) in [5, 5.41) is 19.8. The van der Waals surface area contributed by atoms with Gasteiger partial charge in [-0.15, -0.1) is 0 Å². The first-order chi connectivity index (χ1) is 9.37. The highest BCUT2D eigenvalue weighted by atomic mass is 32.2. The predicted octanol–water partition coefficient (Wildman–Crippen LogP) is 0.322. The molecule has 0 heterocycles. The Hall–Kier alpha value is -1.71. The molecule has 8 nitrogen and oxygen atoms in total. The van der Waals surface area contributed by atoms with Crippen LogP contribution < -0.4 is 5.73 Å². The molecule has 110 valence electrons. The summed E-state index contributed by atoms with van der Waals surface area (Å²) in [5.41, 5.74) is 4.92. The average molecular weight is 301 g/mol. The molecule has 0 unspecified atom stereocenters. The zero-order valence-corrected chi connectivity index (χ0v) is 11.4. The molecule has 0 spiro atoms. The number of nitro benzene ring substituents is 1. The van der Waals surface area contributed by atoms with E-state index >= 15 is 0 Å². The summed E-state index contributed by atoms with van der Waals surface area (Å²) in [4.78, 5) is 9.92. The second kappa shape index (κ2) is 5.35. The Morgan fingerprint density at radius 1 is 1.45 bits per heavy atom. The fraction of sp³-hybridized carbons (Fsp3) is 0.455. The molecule has 0 amide bonds. The van der Waals surface area contributed by atoms with Crippen LogP contribution >= 0.6 is 0 Å². The first-order valence-electron chi connectivity index (χ1n) is 6.04. The molecule has 3 N–H and O–H groups in total. The Morgan fingerprint density at radius 2 is 2.10 bits per heavy atom. The highest BCUT2D eigenvalue weighted by molar-refractivity contribution is 7.89. The SMILES string of the molecule is Nc1ccc(S(=O)(=O)N(CCO)C2CC2)cc1[N+](=O)[O-]. The number of anilines is 1. The average Bonchev–Trinajstić information content (AvgIpc) is 3.19. The molecule has 0 radical (unpaired) electrons. The van der Waals surface area contributed by atoms with Gasteiger partial charge in [-0.1, -0.05) is 0 Å². The molecule has 0 atom stereocenters. The van der Waals surface area contributed by atoms with Crippen molar-refractivity contribution in [1.82, 2.24) is 4.31 Å². The van der Waals surface area contributed by atoms with Crippen LogP contribution in [0.4, 0.5) is 11.4 Å². The third kappa shape index (κ3) is 2.74. The molecule has 20 heavy (non-hydrogen) atoms. The van der Waals surface area contributed by atoms with Crippen molar-refractivity contribution >= 4 is 21.4 Å². The number of rotatable bonds is 6. The molecule has 9 heteroatoms. The third-order valence-corrected chi connectivity index (χ3v) is 5.03. The number of aliphatic hydroxyl groups excluding tert-OH is 1. The van der Waals surface area contributed by atoms with Crippen LogP contribution in [0.5, 0.6) is 0 Å². The van der Waals surface area contributed by atoms with E-state index in [-0.39, 0.29) is 29.8 Å². The summed E-state index contributed by atoms with van der Waals surface area (Å²) in [6.45, 7) is -0.321. The molecule has 2 rings (SSSR count). The zero-order chi connectivity index (χ0) is 14.9. The normalized spacial score (nSPS) is 15.5. The van der Waals surface area contributed by atoms with Gasteiger partial charge >= 0.3 is 0 Å². The van der Waals surface area contributed by atoms with Crippen molar-refractivity contribution in [1.29, 1.82) is 0 Å². The van der Waals surface area contributed by atoms with E-state index in [4.69, 9.17) is 10.8 Å². The van der Waals surface area contributed by atoms with Crippen LogP contribution in [-0.2, 0) is 10.0 Å². The van der Waals surface area contributed by atoms with E-state index in [1.165, 1.54) is 16.4 Å². The maximum absolute atomic E-state index is 12.4. The van der Waals surface area contributed by atoms with Crippen LogP contribution in [0.15, 0.2) is 23.1 Å². The Kier molecular flexibility index (Phi) is 3.93. The van der Waals surface area contributed by atoms with E-state index in [1.54, 1.807) is 0 Å². The van der Waals surface area contributed by atoms with E-state index in [2.05, 4.69) is 0 Å². The highest BCUT2D eigenvalue weighted by Gasteiger charge is 2.38. The molecule has 1 aliphatic rings. The van der Waals surface area contributed by atoms with Crippen molar-refractivity contribution < 1.29 is 18.4 Å². The number of nitrogens with two attached hydrogens (primary N) is 1. The van der Waals surface area contributed by atoms with Crippen LogP contribution in [0.1, 0.15) is 12.8 Å². The van der Waals surface area contributed by atoms with Crippen molar-refractivity contribution in [2.75, 3.05) is 18.9 Å². The Morgan fingerprint density at radius 3 is 2.60 bits per heavy atom. The first kappa shape index (κ1) is 14.7. The second-order valence-electron chi connectivity index (χ2n) is 4.55. The van der Waals surface area contributed by atoms with Gasteiger partial charge in [0.2, 0.25) is 10.0 Å². The number of hydrogen-bond acceptors (Lipinski definition) is 6. The summed E-state index contributed by atoms with van der Waals surface area (Å²) in [7, 11) is -3.86. The van der Waals surface area contributed by atoms with Crippen LogP contribution in [0.25, 0.3) is 0 Å². The van der Waals surface area contributed by atoms with Crippen molar-refractivity contribution in [3.05, 3.63) is 28.3 Å². The van der Waals surface area contributed by atoms with E-state index in [0.717, 1.165) is 18.9 Å². The molecule has 1 aliphatic carbocycles. The van der Waals surface area contributed by atoms with E-state index < -0.39 is 20.6 Å². The van der Waals surface area contributed by atoms with Gasteiger partial charge in [0, 0.05) is 18.7 Å². The Balaban J connectivity index is 2.42. The summed E-state index contributed by atoms with van der Waals surface area (Å²) in [5.74, 6) is 0. The van der Waals surface area contributed by atoms with Gasteiger partial charge in [0.15, 0.2) is 0 Å². The minimum absolute atomic E-state index is 0.0226. The molecule has 0 bridgehead atoms. The number of hydrogen-bond donors (Lipinski definition) is 2. The monoisotopic (exact) mass is 301 g/mol. The fourth-order valence-electron chi connectivity index (χ4n) is 1.94. The first-order valence-corrected chi connectivity index (χ1v) is 7.48. The Labute approximate surface area is 116 Å². The number of nitrogens with zero attached hydrogens (tertiary/aromatic N) is 2. The maximum atomic E-state index is 12.4. The van der Waals surface area contributed by atoms with E-state index in [1.807, 2.05) is 0 Å². The molecular weight excluding hydrogens is 286 g/mol. The molecule has 1 fully saturated rings. The van der Waals surface area contributed by atoms with Crippen LogP contribution in [0.2, 0.25) is 0 Å². The standard InChI is InChI=1S/C11H15N3O5S/c12-10-4-3-9(7-11(10)14(16)17)20(18,19)13(5-6-15)8-1-2-8/h3-4,7-8,15H,1-2,5-6,12H2. The number of nitro groups is 1. The van der Waals surface area contributed by atoms with E-state index in [9.17, 15) is 18.5 Å². The highest BCUT2D eigenvalue weighted by Crippen LogP contribution is 2.33. The smallest absolute Gasteiger partial charge is 0.293 e. The minimum Gasteiger partial charge on any atom is -0.395 e. The summed E-state index contributed by atoms with van der Waals surface area (Å²) in [6, 6.07) is 3.26.